The zero-order valence-corrected chi connectivity index (χ0v) is 10.3. The Kier molecular flexibility index (Phi) is 3.51. The van der Waals surface area contributed by atoms with Crippen LogP contribution in [0.25, 0.3) is 0 Å². The van der Waals surface area contributed by atoms with Crippen LogP contribution in [0.15, 0.2) is 17.3 Å². The molecule has 90 valence electrons. The molecule has 0 spiro atoms. The van der Waals surface area contributed by atoms with Gasteiger partial charge >= 0.3 is 0 Å². The number of rotatable bonds is 4. The van der Waals surface area contributed by atoms with Crippen molar-refractivity contribution in [3.05, 3.63) is 12.3 Å². The van der Waals surface area contributed by atoms with E-state index >= 15 is 0 Å². The number of nitrogens with zero attached hydrogens (tertiary/aromatic N) is 1. The summed E-state index contributed by atoms with van der Waals surface area (Å²) in [7, 11) is -3.47. The number of hydrogen-bond acceptors (Lipinski definition) is 3. The second-order valence-electron chi connectivity index (χ2n) is 3.99. The summed E-state index contributed by atoms with van der Waals surface area (Å²) in [6, 6.07) is 1.39. The molecule has 2 atom stereocenters. The van der Waals surface area contributed by atoms with E-state index < -0.39 is 10.0 Å². The lowest BCUT2D eigenvalue weighted by atomic mass is 10.1. The Morgan fingerprint density at radius 3 is 3.00 bits per heavy atom. The number of aromatic nitrogens is 2. The third kappa shape index (κ3) is 2.39. The number of hydrogen-bond donors (Lipinski definition) is 2. The van der Waals surface area contributed by atoms with E-state index in [1.54, 1.807) is 0 Å². The smallest absolute Gasteiger partial charge is 0.257 e. The highest BCUT2D eigenvalue weighted by molar-refractivity contribution is 7.89. The van der Waals surface area contributed by atoms with Gasteiger partial charge < -0.3 is 0 Å². The molecule has 5 nitrogen and oxygen atoms in total. The molecule has 2 rings (SSSR count). The average molecular weight is 264 g/mol. The molecular formula is C9H14ClN3O2S. The number of H-pyrrole nitrogens is 1. The molecule has 1 aliphatic rings. The van der Waals surface area contributed by atoms with E-state index in [1.165, 1.54) is 12.3 Å². The van der Waals surface area contributed by atoms with Crippen molar-refractivity contribution in [3.8, 4) is 0 Å². The summed E-state index contributed by atoms with van der Waals surface area (Å²) in [4.78, 5) is 0. The monoisotopic (exact) mass is 263 g/mol. The van der Waals surface area contributed by atoms with Gasteiger partial charge in [0.05, 0.1) is 6.20 Å². The predicted molar refractivity (Wildman–Crippen MR) is 60.8 cm³/mol. The number of sulfonamides is 1. The molecule has 0 bridgehead atoms. The molecule has 1 fully saturated rings. The molecule has 0 aliphatic heterocycles. The molecule has 1 aromatic rings. The zero-order valence-electron chi connectivity index (χ0n) is 8.69. The summed E-state index contributed by atoms with van der Waals surface area (Å²) >= 11 is 5.80. The largest absolute Gasteiger partial charge is 0.266 e. The fraction of sp³-hybridized carbons (Fsp3) is 0.667. The minimum Gasteiger partial charge on any atom is -0.266 e. The molecule has 0 radical (unpaired) electrons. The van der Waals surface area contributed by atoms with Crippen LogP contribution in [-0.2, 0) is 10.0 Å². The minimum absolute atomic E-state index is 0.0502. The van der Waals surface area contributed by atoms with E-state index in [9.17, 15) is 8.42 Å². The molecule has 1 aliphatic carbocycles. The molecule has 16 heavy (non-hydrogen) atoms. The summed E-state index contributed by atoms with van der Waals surface area (Å²) in [6.45, 7) is 0. The summed E-state index contributed by atoms with van der Waals surface area (Å²) in [6.07, 6.45) is 4.28. The Hall–Kier alpha value is -0.590. The summed E-state index contributed by atoms with van der Waals surface area (Å²) < 4.78 is 26.4. The van der Waals surface area contributed by atoms with Crippen molar-refractivity contribution in [2.75, 3.05) is 5.88 Å². The molecule has 2 N–H and O–H groups in total. The lowest BCUT2D eigenvalue weighted by Crippen LogP contribution is -2.38. The van der Waals surface area contributed by atoms with Crippen LogP contribution < -0.4 is 4.72 Å². The van der Waals surface area contributed by atoms with Gasteiger partial charge in [0.1, 0.15) is 0 Å². The second kappa shape index (κ2) is 4.73. The Morgan fingerprint density at radius 1 is 1.56 bits per heavy atom. The number of aromatic amines is 1. The van der Waals surface area contributed by atoms with Crippen molar-refractivity contribution >= 4 is 21.6 Å². The van der Waals surface area contributed by atoms with Gasteiger partial charge in [-0.05, 0) is 24.8 Å². The average Bonchev–Trinajstić information content (AvgIpc) is 2.86. The molecular weight excluding hydrogens is 250 g/mol. The third-order valence-corrected chi connectivity index (χ3v) is 4.74. The zero-order chi connectivity index (χ0) is 11.6. The number of halogens is 1. The topological polar surface area (TPSA) is 74.8 Å². The third-order valence-electron chi connectivity index (χ3n) is 2.93. The second-order valence-corrected chi connectivity index (χ2v) is 5.98. The first-order valence-corrected chi connectivity index (χ1v) is 7.23. The number of alkyl halides is 1. The number of nitrogens with one attached hydrogen (secondary N) is 2. The molecule has 1 saturated carbocycles. The first kappa shape index (κ1) is 11.9. The van der Waals surface area contributed by atoms with Crippen LogP contribution in [0.3, 0.4) is 0 Å². The van der Waals surface area contributed by atoms with Crippen molar-refractivity contribution < 1.29 is 8.42 Å². The Balaban J connectivity index is 2.10. The Bertz CT molecular complexity index is 432. The molecule has 0 amide bonds. The highest BCUT2D eigenvalue weighted by Gasteiger charge is 2.30. The van der Waals surface area contributed by atoms with Crippen molar-refractivity contribution in [3.63, 3.8) is 0 Å². The quantitative estimate of drug-likeness (QED) is 0.799. The fourth-order valence-electron chi connectivity index (χ4n) is 2.03. The van der Waals surface area contributed by atoms with Crippen LogP contribution in [0.2, 0.25) is 0 Å². The first-order valence-electron chi connectivity index (χ1n) is 5.21. The van der Waals surface area contributed by atoms with Gasteiger partial charge in [0.25, 0.3) is 10.0 Å². The lowest BCUT2D eigenvalue weighted by Gasteiger charge is -2.17. The van der Waals surface area contributed by atoms with E-state index in [0.717, 1.165) is 19.3 Å². The standard InChI is InChI=1S/C9H14ClN3O2S/c10-6-7-2-1-3-8(7)13-16(14,15)9-4-5-11-12-9/h4-5,7-8,13H,1-3,6H2,(H,11,12). The van der Waals surface area contributed by atoms with E-state index in [1.807, 2.05) is 0 Å². The maximum Gasteiger partial charge on any atom is 0.257 e. The molecule has 1 aromatic heterocycles. The Morgan fingerprint density at radius 2 is 2.38 bits per heavy atom. The van der Waals surface area contributed by atoms with Crippen LogP contribution in [0.1, 0.15) is 19.3 Å². The van der Waals surface area contributed by atoms with Gasteiger partial charge in [-0.1, -0.05) is 6.42 Å². The molecule has 0 aromatic carbocycles. The van der Waals surface area contributed by atoms with Gasteiger partial charge in [0.15, 0.2) is 5.03 Å². The van der Waals surface area contributed by atoms with E-state index in [4.69, 9.17) is 11.6 Å². The van der Waals surface area contributed by atoms with Crippen LogP contribution in [-0.4, -0.2) is 30.5 Å². The van der Waals surface area contributed by atoms with E-state index in [2.05, 4.69) is 14.9 Å². The maximum absolute atomic E-state index is 11.9. The van der Waals surface area contributed by atoms with E-state index in [0.29, 0.717) is 5.88 Å². The molecule has 7 heteroatoms. The fourth-order valence-corrected chi connectivity index (χ4v) is 3.65. The van der Waals surface area contributed by atoms with Gasteiger partial charge in [0.2, 0.25) is 0 Å². The first-order chi connectivity index (χ1) is 7.63. The van der Waals surface area contributed by atoms with Crippen molar-refractivity contribution in [2.45, 2.75) is 30.3 Å². The molecule has 1 heterocycles. The van der Waals surface area contributed by atoms with Gasteiger partial charge in [-0.2, -0.15) is 5.10 Å². The van der Waals surface area contributed by atoms with Crippen molar-refractivity contribution in [1.29, 1.82) is 0 Å². The van der Waals surface area contributed by atoms with Crippen LogP contribution in [0.5, 0.6) is 0 Å². The van der Waals surface area contributed by atoms with Gasteiger partial charge in [-0.3, -0.25) is 5.10 Å². The maximum atomic E-state index is 11.9. The van der Waals surface area contributed by atoms with Crippen LogP contribution >= 0.6 is 11.6 Å². The Labute approximate surface area is 99.6 Å². The van der Waals surface area contributed by atoms with Crippen LogP contribution in [0.4, 0.5) is 0 Å². The lowest BCUT2D eigenvalue weighted by molar-refractivity contribution is 0.479. The SMILES string of the molecule is O=S(=O)(NC1CCCC1CCl)c1ccn[nH]1. The normalized spacial score (nSPS) is 26.1. The minimum atomic E-state index is -3.47. The molecule has 0 saturated heterocycles. The van der Waals surface area contributed by atoms with Gasteiger partial charge in [-0.25, -0.2) is 13.1 Å². The van der Waals surface area contributed by atoms with Crippen LogP contribution in [0, 0.1) is 5.92 Å². The highest BCUT2D eigenvalue weighted by Crippen LogP contribution is 2.27. The predicted octanol–water partition coefficient (Wildman–Crippen LogP) is 1.10. The molecule has 2 unspecified atom stereocenters. The summed E-state index contributed by atoms with van der Waals surface area (Å²) in [5, 5.41) is 6.19. The van der Waals surface area contributed by atoms with Crippen molar-refractivity contribution in [1.82, 2.24) is 14.9 Å². The summed E-state index contributed by atoms with van der Waals surface area (Å²) in [5.74, 6) is 0.732. The summed E-state index contributed by atoms with van der Waals surface area (Å²) in [5.41, 5.74) is 0. The van der Waals surface area contributed by atoms with E-state index in [-0.39, 0.29) is 17.0 Å². The van der Waals surface area contributed by atoms with Crippen molar-refractivity contribution in [2.24, 2.45) is 5.92 Å². The van der Waals surface area contributed by atoms with Gasteiger partial charge in [-0.15, -0.1) is 11.6 Å². The highest BCUT2D eigenvalue weighted by atomic mass is 35.5. The van der Waals surface area contributed by atoms with Gasteiger partial charge in [0, 0.05) is 11.9 Å².